The fraction of sp³-hybridized carbons (Fsp3) is 0.600. The Kier molecular flexibility index (Phi) is 7.77. The number of amides is 1. The molecule has 3 aromatic rings. The van der Waals surface area contributed by atoms with Crippen molar-refractivity contribution in [2.45, 2.75) is 89.8 Å². The number of carbonyl (C=O) groups excluding carboxylic acids is 2. The predicted octanol–water partition coefficient (Wildman–Crippen LogP) is 5.92. The molecule has 1 atom stereocenters. The van der Waals surface area contributed by atoms with Crippen LogP contribution in [0.5, 0.6) is 0 Å². The molecule has 0 radical (unpaired) electrons. The van der Waals surface area contributed by atoms with Crippen LogP contribution in [0.1, 0.15) is 78.7 Å². The number of Topliss-reactive ketones (excluding diaryl/α,β-unsaturated/α-hetero) is 1. The molecule has 0 saturated carbocycles. The molecule has 230 valence electrons. The highest BCUT2D eigenvalue weighted by Crippen LogP contribution is 2.44. The lowest BCUT2D eigenvalue weighted by Crippen LogP contribution is -2.49. The van der Waals surface area contributed by atoms with Crippen molar-refractivity contribution in [3.8, 4) is 11.3 Å². The molecular formula is C35H46N4O3S. The summed E-state index contributed by atoms with van der Waals surface area (Å²) < 4.78 is 5.86. The van der Waals surface area contributed by atoms with Crippen LogP contribution in [-0.4, -0.2) is 95.4 Å². The largest absolute Gasteiger partial charge is 0.377 e. The molecule has 7 nitrogen and oxygen atoms in total. The molecule has 2 bridgehead atoms. The van der Waals surface area contributed by atoms with Crippen molar-refractivity contribution in [1.29, 1.82) is 0 Å². The monoisotopic (exact) mass is 602 g/mol. The number of aryl methyl sites for hydroxylation is 2. The molecule has 2 aromatic heterocycles. The highest BCUT2D eigenvalue weighted by molar-refractivity contribution is 7.19. The number of piperazine rings is 1. The summed E-state index contributed by atoms with van der Waals surface area (Å²) in [6, 6.07) is 9.46. The number of nitrogens with zero attached hydrogens (tertiary/aromatic N) is 3. The molecule has 8 heteroatoms. The first kappa shape index (κ1) is 29.2. The molecule has 7 rings (SSSR count). The number of nitrogens with one attached hydrogen (secondary N) is 1. The molecule has 1 N–H and O–H groups in total. The summed E-state index contributed by atoms with van der Waals surface area (Å²) in [5, 5.41) is 0.960. The van der Waals surface area contributed by atoms with Gasteiger partial charge in [0, 0.05) is 61.7 Å². The summed E-state index contributed by atoms with van der Waals surface area (Å²) in [6.45, 7) is 14.4. The van der Waals surface area contributed by atoms with E-state index in [0.29, 0.717) is 24.7 Å². The van der Waals surface area contributed by atoms with Crippen molar-refractivity contribution in [3.05, 3.63) is 45.8 Å². The number of ether oxygens (including phenoxy) is 1. The van der Waals surface area contributed by atoms with Crippen LogP contribution in [0.25, 0.3) is 21.5 Å². The smallest absolute Gasteiger partial charge is 0.233 e. The first-order chi connectivity index (χ1) is 20.7. The van der Waals surface area contributed by atoms with E-state index in [1.807, 2.05) is 0 Å². The molecule has 1 unspecified atom stereocenters. The summed E-state index contributed by atoms with van der Waals surface area (Å²) >= 11 is 1.64. The van der Waals surface area contributed by atoms with Gasteiger partial charge in [0.05, 0.1) is 29.3 Å². The number of aromatic amines is 1. The minimum Gasteiger partial charge on any atom is -0.377 e. The number of H-pyrrole nitrogens is 1. The quantitative estimate of drug-likeness (QED) is 0.324. The number of hydrogen-bond donors (Lipinski definition) is 1. The van der Waals surface area contributed by atoms with Crippen LogP contribution in [0.4, 0.5) is 0 Å². The Morgan fingerprint density at radius 1 is 0.930 bits per heavy atom. The van der Waals surface area contributed by atoms with E-state index in [2.05, 4.69) is 71.6 Å². The first-order valence-electron chi connectivity index (χ1n) is 16.3. The number of fused-ring (bicyclic) bond motifs is 3. The van der Waals surface area contributed by atoms with Crippen LogP contribution in [0.15, 0.2) is 24.3 Å². The Balaban J connectivity index is 1.17. The van der Waals surface area contributed by atoms with E-state index in [4.69, 9.17) is 4.74 Å². The van der Waals surface area contributed by atoms with Gasteiger partial charge in [0.1, 0.15) is 4.83 Å². The average Bonchev–Trinajstić information content (AvgIpc) is 3.80. The maximum Gasteiger partial charge on any atom is 0.233 e. The fourth-order valence-electron chi connectivity index (χ4n) is 8.07. The lowest BCUT2D eigenvalue weighted by Gasteiger charge is -2.35. The SMILES string of the molecule is Cc1cc(C)cc(-c2[nH]c3sc(C(C)(C)C(=O)N4C5CCC4CC5)cc3c2C(=O)CN2CCN(CC3CCCO3)CC2)c1. The molecule has 4 saturated heterocycles. The summed E-state index contributed by atoms with van der Waals surface area (Å²) in [7, 11) is 0. The number of benzene rings is 1. The Morgan fingerprint density at radius 3 is 2.21 bits per heavy atom. The number of rotatable bonds is 8. The van der Waals surface area contributed by atoms with Crippen molar-refractivity contribution >= 4 is 33.2 Å². The van der Waals surface area contributed by atoms with Gasteiger partial charge in [-0.1, -0.05) is 17.2 Å². The zero-order chi connectivity index (χ0) is 29.9. The van der Waals surface area contributed by atoms with E-state index in [9.17, 15) is 9.59 Å². The van der Waals surface area contributed by atoms with Gasteiger partial charge in [-0.2, -0.15) is 0 Å². The van der Waals surface area contributed by atoms with Gasteiger partial charge in [-0.25, -0.2) is 0 Å². The second kappa shape index (κ2) is 11.4. The van der Waals surface area contributed by atoms with Gasteiger partial charge in [0.25, 0.3) is 0 Å². The van der Waals surface area contributed by atoms with Crippen LogP contribution >= 0.6 is 11.3 Å². The Morgan fingerprint density at radius 2 is 1.58 bits per heavy atom. The van der Waals surface area contributed by atoms with Gasteiger partial charge in [-0.05, 0) is 90.0 Å². The van der Waals surface area contributed by atoms with Crippen LogP contribution in [0.2, 0.25) is 0 Å². The molecule has 4 aliphatic rings. The lowest BCUT2D eigenvalue weighted by molar-refractivity contribution is -0.137. The number of aromatic nitrogens is 1. The number of thiophene rings is 1. The molecule has 43 heavy (non-hydrogen) atoms. The molecule has 0 spiro atoms. The maximum absolute atomic E-state index is 14.2. The van der Waals surface area contributed by atoms with Gasteiger partial charge < -0.3 is 14.6 Å². The molecule has 4 fully saturated rings. The Labute approximate surface area is 259 Å². The third-order valence-corrected chi connectivity index (χ3v) is 11.8. The van der Waals surface area contributed by atoms with Crippen LogP contribution < -0.4 is 0 Å². The van der Waals surface area contributed by atoms with Gasteiger partial charge in [-0.3, -0.25) is 19.4 Å². The van der Waals surface area contributed by atoms with Crippen LogP contribution in [0.3, 0.4) is 0 Å². The second-order valence-electron chi connectivity index (χ2n) is 14.0. The van der Waals surface area contributed by atoms with Crippen molar-refractivity contribution in [2.24, 2.45) is 0 Å². The highest BCUT2D eigenvalue weighted by Gasteiger charge is 2.47. The van der Waals surface area contributed by atoms with Gasteiger partial charge in [-0.15, -0.1) is 11.3 Å². The van der Waals surface area contributed by atoms with Gasteiger partial charge >= 0.3 is 0 Å². The van der Waals surface area contributed by atoms with E-state index >= 15 is 0 Å². The number of carbonyl (C=O) groups is 2. The topological polar surface area (TPSA) is 68.9 Å². The van der Waals surface area contributed by atoms with E-state index in [1.54, 1.807) is 11.3 Å². The third-order valence-electron chi connectivity index (χ3n) is 10.4. The second-order valence-corrected chi connectivity index (χ2v) is 15.1. The Hall–Kier alpha value is -2.52. The predicted molar refractivity (Wildman–Crippen MR) is 173 cm³/mol. The van der Waals surface area contributed by atoms with E-state index < -0.39 is 5.41 Å². The molecule has 1 amide bonds. The molecule has 0 aliphatic carbocycles. The van der Waals surface area contributed by atoms with Crippen molar-refractivity contribution in [3.63, 3.8) is 0 Å². The standard InChI is InChI=1S/C35H46N4O3S/c1-22-16-23(2)18-24(17-22)32-31(29(40)21-38-13-11-37(12-14-38)20-27-6-5-15-42-27)28-19-30(43-33(28)36-32)35(3,4)34(41)39-25-7-8-26(39)10-9-25/h16-19,25-27,36H,5-15,20-21H2,1-4H3. The number of ketones is 1. The first-order valence-corrected chi connectivity index (χ1v) is 17.2. The molecule has 1 aromatic carbocycles. The van der Waals surface area contributed by atoms with Gasteiger partial charge in [0.15, 0.2) is 5.78 Å². The maximum atomic E-state index is 14.2. The summed E-state index contributed by atoms with van der Waals surface area (Å²) in [6.07, 6.45) is 7.24. The van der Waals surface area contributed by atoms with E-state index in [-0.39, 0.29) is 11.7 Å². The fourth-order valence-corrected chi connectivity index (χ4v) is 9.24. The lowest BCUT2D eigenvalue weighted by atomic mass is 9.88. The van der Waals surface area contributed by atoms with Gasteiger partial charge in [0.2, 0.25) is 5.91 Å². The van der Waals surface area contributed by atoms with Crippen LogP contribution in [-0.2, 0) is 14.9 Å². The minimum atomic E-state index is -0.629. The molecule has 6 heterocycles. The third kappa shape index (κ3) is 5.49. The average molecular weight is 603 g/mol. The number of hydrogen-bond acceptors (Lipinski definition) is 6. The van der Waals surface area contributed by atoms with Crippen molar-refractivity contribution in [1.82, 2.24) is 19.7 Å². The minimum absolute atomic E-state index is 0.152. The molecule has 4 aliphatic heterocycles. The normalized spacial score (nSPS) is 24.9. The van der Waals surface area contributed by atoms with E-state index in [1.165, 1.54) is 17.5 Å². The Bertz CT molecular complexity index is 1480. The van der Waals surface area contributed by atoms with Crippen molar-refractivity contribution in [2.75, 3.05) is 45.9 Å². The van der Waals surface area contributed by atoms with Crippen molar-refractivity contribution < 1.29 is 14.3 Å². The summed E-state index contributed by atoms with van der Waals surface area (Å²) in [5.74, 6) is 0.392. The summed E-state index contributed by atoms with van der Waals surface area (Å²) in [4.78, 5) is 40.9. The zero-order valence-electron chi connectivity index (χ0n) is 26.2. The highest BCUT2D eigenvalue weighted by atomic mass is 32.1. The summed E-state index contributed by atoms with van der Waals surface area (Å²) in [5.41, 5.74) is 4.46. The van der Waals surface area contributed by atoms with E-state index in [0.717, 1.165) is 103 Å². The zero-order valence-corrected chi connectivity index (χ0v) is 27.0. The van der Waals surface area contributed by atoms with Crippen LogP contribution in [0, 0.1) is 13.8 Å². The molecular weight excluding hydrogens is 556 g/mol.